The highest BCUT2D eigenvalue weighted by Crippen LogP contribution is 2.31. The highest BCUT2D eigenvalue weighted by atomic mass is 16.2. The van der Waals surface area contributed by atoms with Crippen molar-refractivity contribution in [2.24, 2.45) is 5.92 Å². The van der Waals surface area contributed by atoms with Gasteiger partial charge >= 0.3 is 0 Å². The molecule has 0 bridgehead atoms. The van der Waals surface area contributed by atoms with Crippen molar-refractivity contribution in [1.29, 1.82) is 0 Å². The number of carbonyl (C=O) groups excluding carboxylic acids is 1. The SMILES string of the molecule is CN1CCN(c2ncccc2CC2CCN(c3ccc(C(C)(C)C)cc3)C2=O)CC1. The van der Waals surface area contributed by atoms with Crippen LogP contribution in [0.2, 0.25) is 0 Å². The predicted molar refractivity (Wildman–Crippen MR) is 123 cm³/mol. The van der Waals surface area contributed by atoms with Gasteiger partial charge in [-0.1, -0.05) is 39.0 Å². The number of amides is 1. The van der Waals surface area contributed by atoms with Gasteiger partial charge in [0.2, 0.25) is 5.91 Å². The molecule has 1 aromatic carbocycles. The monoisotopic (exact) mass is 406 g/mol. The molecule has 1 aromatic heterocycles. The van der Waals surface area contributed by atoms with Crippen molar-refractivity contribution in [3.05, 3.63) is 53.7 Å². The Bertz CT molecular complexity index is 879. The number of piperazine rings is 1. The molecule has 0 aliphatic carbocycles. The van der Waals surface area contributed by atoms with Gasteiger partial charge in [0, 0.05) is 50.5 Å². The second-order valence-electron chi connectivity index (χ2n) is 9.75. The normalized spacial score (nSPS) is 20.8. The topological polar surface area (TPSA) is 39.7 Å². The molecule has 5 nitrogen and oxygen atoms in total. The molecule has 1 atom stereocenters. The number of nitrogens with zero attached hydrogens (tertiary/aromatic N) is 4. The maximum Gasteiger partial charge on any atom is 0.230 e. The molecular formula is C25H34N4O. The van der Waals surface area contributed by atoms with E-state index in [-0.39, 0.29) is 17.2 Å². The first-order valence-electron chi connectivity index (χ1n) is 11.1. The molecule has 3 heterocycles. The van der Waals surface area contributed by atoms with Gasteiger partial charge < -0.3 is 14.7 Å². The lowest BCUT2D eigenvalue weighted by atomic mass is 9.87. The minimum atomic E-state index is 0.0303. The molecule has 0 saturated carbocycles. The van der Waals surface area contributed by atoms with Crippen LogP contribution in [-0.4, -0.2) is 55.6 Å². The average Bonchev–Trinajstić information content (AvgIpc) is 3.09. The summed E-state index contributed by atoms with van der Waals surface area (Å²) in [6, 6.07) is 12.7. The third-order valence-electron chi connectivity index (χ3n) is 6.50. The highest BCUT2D eigenvalue weighted by Gasteiger charge is 2.33. The fourth-order valence-electron chi connectivity index (χ4n) is 4.48. The minimum Gasteiger partial charge on any atom is -0.354 e. The second-order valence-corrected chi connectivity index (χ2v) is 9.75. The molecule has 30 heavy (non-hydrogen) atoms. The van der Waals surface area contributed by atoms with Crippen LogP contribution in [0.25, 0.3) is 0 Å². The van der Waals surface area contributed by atoms with E-state index < -0.39 is 0 Å². The second kappa shape index (κ2) is 8.38. The van der Waals surface area contributed by atoms with E-state index in [0.717, 1.165) is 57.1 Å². The summed E-state index contributed by atoms with van der Waals surface area (Å²) >= 11 is 0. The van der Waals surface area contributed by atoms with Gasteiger partial charge in [0.1, 0.15) is 5.82 Å². The van der Waals surface area contributed by atoms with Gasteiger partial charge in [0.25, 0.3) is 0 Å². The van der Waals surface area contributed by atoms with Gasteiger partial charge in [-0.3, -0.25) is 4.79 Å². The van der Waals surface area contributed by atoms with Crippen molar-refractivity contribution in [2.45, 2.75) is 39.0 Å². The molecule has 0 radical (unpaired) electrons. The zero-order valence-corrected chi connectivity index (χ0v) is 18.8. The molecule has 1 amide bonds. The van der Waals surface area contributed by atoms with E-state index in [4.69, 9.17) is 0 Å². The Kier molecular flexibility index (Phi) is 5.83. The predicted octanol–water partition coefficient (Wildman–Crippen LogP) is 3.73. The quantitative estimate of drug-likeness (QED) is 0.776. The molecule has 2 aliphatic heterocycles. The maximum absolute atomic E-state index is 13.2. The van der Waals surface area contributed by atoms with Crippen molar-refractivity contribution in [3.63, 3.8) is 0 Å². The van der Waals surface area contributed by atoms with E-state index in [1.54, 1.807) is 0 Å². The lowest BCUT2D eigenvalue weighted by Crippen LogP contribution is -2.45. The maximum atomic E-state index is 13.2. The van der Waals surface area contributed by atoms with Crippen molar-refractivity contribution in [3.8, 4) is 0 Å². The molecule has 5 heteroatoms. The first-order valence-corrected chi connectivity index (χ1v) is 11.1. The Morgan fingerprint density at radius 1 is 1.00 bits per heavy atom. The average molecular weight is 407 g/mol. The van der Waals surface area contributed by atoms with Gasteiger partial charge in [-0.25, -0.2) is 4.98 Å². The van der Waals surface area contributed by atoms with E-state index >= 15 is 0 Å². The van der Waals surface area contributed by atoms with E-state index in [2.05, 4.69) is 72.9 Å². The van der Waals surface area contributed by atoms with Crippen LogP contribution in [0.15, 0.2) is 42.6 Å². The molecular weight excluding hydrogens is 372 g/mol. The van der Waals surface area contributed by atoms with Gasteiger partial charge in [-0.2, -0.15) is 0 Å². The van der Waals surface area contributed by atoms with E-state index in [1.807, 2.05) is 17.2 Å². The lowest BCUT2D eigenvalue weighted by molar-refractivity contribution is -0.120. The largest absolute Gasteiger partial charge is 0.354 e. The summed E-state index contributed by atoms with van der Waals surface area (Å²) in [5, 5.41) is 0. The minimum absolute atomic E-state index is 0.0303. The smallest absolute Gasteiger partial charge is 0.230 e. The number of carbonyl (C=O) groups is 1. The van der Waals surface area contributed by atoms with Crippen LogP contribution in [-0.2, 0) is 16.6 Å². The third kappa shape index (κ3) is 4.36. The fraction of sp³-hybridized carbons (Fsp3) is 0.520. The van der Waals surface area contributed by atoms with Gasteiger partial charge in [-0.15, -0.1) is 0 Å². The summed E-state index contributed by atoms with van der Waals surface area (Å²) in [5.74, 6) is 1.33. The van der Waals surface area contributed by atoms with Gasteiger partial charge in [0.15, 0.2) is 0 Å². The summed E-state index contributed by atoms with van der Waals surface area (Å²) in [5.41, 5.74) is 3.63. The summed E-state index contributed by atoms with van der Waals surface area (Å²) in [7, 11) is 2.16. The molecule has 2 aliphatic rings. The van der Waals surface area contributed by atoms with Gasteiger partial charge in [-0.05, 0) is 54.6 Å². The van der Waals surface area contributed by atoms with Crippen LogP contribution in [0.5, 0.6) is 0 Å². The summed E-state index contributed by atoms with van der Waals surface area (Å²) in [6.45, 7) is 11.5. The van der Waals surface area contributed by atoms with Crippen molar-refractivity contribution >= 4 is 17.4 Å². The fourth-order valence-corrected chi connectivity index (χ4v) is 4.48. The number of aromatic nitrogens is 1. The molecule has 4 rings (SSSR count). The molecule has 2 aromatic rings. The zero-order chi connectivity index (χ0) is 21.3. The molecule has 1 unspecified atom stereocenters. The Hall–Kier alpha value is -2.40. The summed E-state index contributed by atoms with van der Waals surface area (Å²) in [6.07, 6.45) is 3.54. The lowest BCUT2D eigenvalue weighted by Gasteiger charge is -2.34. The van der Waals surface area contributed by atoms with Crippen molar-refractivity contribution < 1.29 is 4.79 Å². The van der Waals surface area contributed by atoms with Crippen LogP contribution in [0.4, 0.5) is 11.5 Å². The number of hydrogen-bond acceptors (Lipinski definition) is 4. The third-order valence-corrected chi connectivity index (χ3v) is 6.50. The summed E-state index contributed by atoms with van der Waals surface area (Å²) in [4.78, 5) is 24.6. The van der Waals surface area contributed by atoms with E-state index in [1.165, 1.54) is 11.1 Å². The van der Waals surface area contributed by atoms with Crippen molar-refractivity contribution in [2.75, 3.05) is 49.6 Å². The first-order chi connectivity index (χ1) is 14.3. The summed E-state index contributed by atoms with van der Waals surface area (Å²) < 4.78 is 0. The Balaban J connectivity index is 1.46. The van der Waals surface area contributed by atoms with Crippen LogP contribution >= 0.6 is 0 Å². The number of hydrogen-bond donors (Lipinski definition) is 0. The Morgan fingerprint density at radius 3 is 2.37 bits per heavy atom. The Morgan fingerprint density at radius 2 is 1.70 bits per heavy atom. The zero-order valence-electron chi connectivity index (χ0n) is 18.8. The number of anilines is 2. The number of rotatable bonds is 4. The molecule has 160 valence electrons. The van der Waals surface area contributed by atoms with Crippen LogP contribution in [0.1, 0.15) is 38.3 Å². The number of benzene rings is 1. The first kappa shape index (κ1) is 20.9. The Labute approximate surface area is 180 Å². The highest BCUT2D eigenvalue weighted by molar-refractivity contribution is 5.97. The number of pyridine rings is 1. The van der Waals surface area contributed by atoms with E-state index in [0.29, 0.717) is 0 Å². The van der Waals surface area contributed by atoms with Crippen LogP contribution in [0, 0.1) is 5.92 Å². The van der Waals surface area contributed by atoms with Crippen molar-refractivity contribution in [1.82, 2.24) is 9.88 Å². The molecule has 2 fully saturated rings. The van der Waals surface area contributed by atoms with Gasteiger partial charge in [0.05, 0.1) is 0 Å². The van der Waals surface area contributed by atoms with Crippen LogP contribution < -0.4 is 9.80 Å². The molecule has 2 saturated heterocycles. The van der Waals surface area contributed by atoms with E-state index in [9.17, 15) is 4.79 Å². The number of likely N-dealkylation sites (N-methyl/N-ethyl adjacent to an activating group) is 1. The standard InChI is InChI=1S/C25H34N4O/c1-25(2,3)21-7-9-22(10-8-21)29-13-11-20(24(29)30)18-19-6-5-12-26-23(19)28-16-14-27(4)15-17-28/h5-10,12,20H,11,13-18H2,1-4H3. The molecule has 0 N–H and O–H groups in total. The van der Waals surface area contributed by atoms with Crippen LogP contribution in [0.3, 0.4) is 0 Å². The molecule has 0 spiro atoms.